The molecule has 9 nitrogen and oxygen atoms in total. The zero-order chi connectivity index (χ0) is 22.9. The summed E-state index contributed by atoms with van der Waals surface area (Å²) >= 11 is 0. The molecule has 0 radical (unpaired) electrons. The van der Waals surface area contributed by atoms with Crippen LogP contribution in [0.4, 0.5) is 19.4 Å². The lowest BCUT2D eigenvalue weighted by atomic mass is 10.1. The Morgan fingerprint density at radius 2 is 2.09 bits per heavy atom. The molecule has 1 aliphatic rings. The van der Waals surface area contributed by atoms with Crippen LogP contribution in [0.2, 0.25) is 0 Å². The second-order valence-electron chi connectivity index (χ2n) is 7.30. The fourth-order valence-electron chi connectivity index (χ4n) is 3.37. The number of hydrogen-bond acceptors (Lipinski definition) is 6. The predicted molar refractivity (Wildman–Crippen MR) is 112 cm³/mol. The molecule has 32 heavy (non-hydrogen) atoms. The van der Waals surface area contributed by atoms with E-state index in [0.717, 1.165) is 30.9 Å². The molecule has 0 aliphatic carbocycles. The summed E-state index contributed by atoms with van der Waals surface area (Å²) in [6.07, 6.45) is 4.26. The van der Waals surface area contributed by atoms with Crippen molar-refractivity contribution in [2.75, 3.05) is 18.4 Å². The van der Waals surface area contributed by atoms with Crippen LogP contribution in [0.25, 0.3) is 0 Å². The van der Waals surface area contributed by atoms with Gasteiger partial charge in [-0.3, -0.25) is 4.79 Å². The molecular formula is C21H25F2N5O4. The molecule has 0 saturated heterocycles. The number of carboxylic acid groups (broad SMARTS) is 1. The highest BCUT2D eigenvalue weighted by Crippen LogP contribution is 2.21. The van der Waals surface area contributed by atoms with Gasteiger partial charge in [-0.05, 0) is 42.9 Å². The maximum Gasteiger partial charge on any atom is 0.388 e. The van der Waals surface area contributed by atoms with Crippen LogP contribution >= 0.6 is 0 Å². The van der Waals surface area contributed by atoms with E-state index in [0.29, 0.717) is 24.9 Å². The van der Waals surface area contributed by atoms with Gasteiger partial charge in [0.15, 0.2) is 0 Å². The molecule has 0 bridgehead atoms. The lowest BCUT2D eigenvalue weighted by Crippen LogP contribution is -2.39. The molecule has 0 saturated carbocycles. The van der Waals surface area contributed by atoms with Crippen LogP contribution in [0.1, 0.15) is 42.1 Å². The molecule has 0 spiro atoms. The van der Waals surface area contributed by atoms with Crippen molar-refractivity contribution < 1.29 is 28.2 Å². The fourth-order valence-corrected chi connectivity index (χ4v) is 3.37. The zero-order valence-electron chi connectivity index (χ0n) is 17.3. The molecule has 11 heteroatoms. The summed E-state index contributed by atoms with van der Waals surface area (Å²) in [5, 5.41) is 17.7. The molecule has 2 aromatic rings. The standard InChI is InChI=1S/C21H25F2N5O4/c22-20(23)32-17-8-6-14(12-26-17)16(11-18(29)30)28-21(31)25-10-2-4-15-7-5-13-3-1-9-24-19(13)27-15/h5-8,12,16,20H,1-4,9-11H2,(H,24,27)(H,29,30)(H2,25,28,31)/t16-/m0/s1. The van der Waals surface area contributed by atoms with Crippen LogP contribution in [0.5, 0.6) is 5.88 Å². The predicted octanol–water partition coefficient (Wildman–Crippen LogP) is 2.88. The Morgan fingerprint density at radius 3 is 2.81 bits per heavy atom. The molecular weight excluding hydrogens is 424 g/mol. The Balaban J connectivity index is 1.48. The number of carbonyl (C=O) groups excluding carboxylic acids is 1. The van der Waals surface area contributed by atoms with Crippen LogP contribution in [0.15, 0.2) is 30.5 Å². The number of nitrogens with zero attached hydrogens (tertiary/aromatic N) is 2. The Labute approximate surface area is 183 Å². The SMILES string of the molecule is O=C(O)C[C@H](NC(=O)NCCCc1ccc2c(n1)NCCC2)c1ccc(OC(F)F)nc1. The number of amides is 2. The number of alkyl halides is 2. The van der Waals surface area contributed by atoms with E-state index >= 15 is 0 Å². The Morgan fingerprint density at radius 1 is 1.25 bits per heavy atom. The van der Waals surface area contributed by atoms with Gasteiger partial charge >= 0.3 is 18.6 Å². The number of ether oxygens (including phenoxy) is 1. The number of carboxylic acids is 1. The summed E-state index contributed by atoms with van der Waals surface area (Å²) < 4.78 is 28.7. The third-order valence-corrected chi connectivity index (χ3v) is 4.90. The highest BCUT2D eigenvalue weighted by molar-refractivity contribution is 5.76. The average Bonchev–Trinajstić information content (AvgIpc) is 2.76. The molecule has 3 heterocycles. The van der Waals surface area contributed by atoms with E-state index in [9.17, 15) is 18.4 Å². The first-order valence-electron chi connectivity index (χ1n) is 10.3. The largest absolute Gasteiger partial charge is 0.481 e. The summed E-state index contributed by atoms with van der Waals surface area (Å²) in [6, 6.07) is 5.22. The molecule has 0 unspecified atom stereocenters. The summed E-state index contributed by atoms with van der Waals surface area (Å²) in [4.78, 5) is 31.7. The monoisotopic (exact) mass is 449 g/mol. The lowest BCUT2D eigenvalue weighted by Gasteiger charge is -2.18. The third-order valence-electron chi connectivity index (χ3n) is 4.90. The molecule has 172 valence electrons. The summed E-state index contributed by atoms with van der Waals surface area (Å²) in [7, 11) is 0. The number of aromatic nitrogens is 2. The smallest absolute Gasteiger partial charge is 0.388 e. The summed E-state index contributed by atoms with van der Waals surface area (Å²) in [6.45, 7) is -1.72. The minimum absolute atomic E-state index is 0.298. The number of anilines is 1. The average molecular weight is 449 g/mol. The van der Waals surface area contributed by atoms with E-state index in [-0.39, 0.29) is 5.88 Å². The minimum atomic E-state index is -3.01. The van der Waals surface area contributed by atoms with Crippen LogP contribution in [-0.2, 0) is 17.6 Å². The van der Waals surface area contributed by atoms with Crippen molar-refractivity contribution in [3.05, 3.63) is 47.3 Å². The van der Waals surface area contributed by atoms with Gasteiger partial charge in [0, 0.05) is 31.0 Å². The second-order valence-corrected chi connectivity index (χ2v) is 7.30. The van der Waals surface area contributed by atoms with Gasteiger partial charge in [-0.1, -0.05) is 12.1 Å². The van der Waals surface area contributed by atoms with E-state index in [1.165, 1.54) is 23.9 Å². The highest BCUT2D eigenvalue weighted by atomic mass is 19.3. The van der Waals surface area contributed by atoms with Gasteiger partial charge in [-0.2, -0.15) is 8.78 Å². The van der Waals surface area contributed by atoms with Crippen molar-refractivity contribution in [2.24, 2.45) is 0 Å². The summed E-state index contributed by atoms with van der Waals surface area (Å²) in [5.41, 5.74) is 2.50. The third kappa shape index (κ3) is 7.03. The van der Waals surface area contributed by atoms with E-state index in [2.05, 4.69) is 36.7 Å². The number of aliphatic carboxylic acids is 1. The van der Waals surface area contributed by atoms with Gasteiger partial charge in [0.2, 0.25) is 5.88 Å². The van der Waals surface area contributed by atoms with E-state index in [1.807, 2.05) is 6.07 Å². The van der Waals surface area contributed by atoms with Gasteiger partial charge in [0.25, 0.3) is 0 Å². The first kappa shape index (κ1) is 23.2. The Bertz CT molecular complexity index is 927. The molecule has 2 amide bonds. The van der Waals surface area contributed by atoms with E-state index in [4.69, 9.17) is 5.11 Å². The second kappa shape index (κ2) is 11.2. The number of hydrogen-bond donors (Lipinski definition) is 4. The fraction of sp³-hybridized carbons (Fsp3) is 0.429. The van der Waals surface area contributed by atoms with Gasteiger partial charge in [-0.15, -0.1) is 0 Å². The topological polar surface area (TPSA) is 125 Å². The summed E-state index contributed by atoms with van der Waals surface area (Å²) in [5.74, 6) is -0.502. The first-order valence-corrected chi connectivity index (χ1v) is 10.3. The van der Waals surface area contributed by atoms with Crippen molar-refractivity contribution >= 4 is 17.8 Å². The highest BCUT2D eigenvalue weighted by Gasteiger charge is 2.19. The van der Waals surface area contributed by atoms with Crippen molar-refractivity contribution in [3.8, 4) is 5.88 Å². The number of aryl methyl sites for hydroxylation is 2. The normalized spacial score (nSPS) is 13.6. The Kier molecular flexibility index (Phi) is 8.12. The van der Waals surface area contributed by atoms with Crippen molar-refractivity contribution in [2.45, 2.75) is 44.8 Å². The van der Waals surface area contributed by atoms with Crippen LogP contribution in [0, 0.1) is 0 Å². The van der Waals surface area contributed by atoms with Crippen LogP contribution in [-0.4, -0.2) is 46.8 Å². The van der Waals surface area contributed by atoms with Crippen molar-refractivity contribution in [3.63, 3.8) is 0 Å². The number of pyridine rings is 2. The number of fused-ring (bicyclic) bond motifs is 1. The quantitative estimate of drug-likeness (QED) is 0.411. The van der Waals surface area contributed by atoms with Gasteiger partial charge in [0.05, 0.1) is 12.5 Å². The number of carbonyl (C=O) groups is 2. The van der Waals surface area contributed by atoms with Crippen molar-refractivity contribution in [1.82, 2.24) is 20.6 Å². The molecule has 3 rings (SSSR count). The first-order chi connectivity index (χ1) is 15.4. The van der Waals surface area contributed by atoms with Gasteiger partial charge < -0.3 is 25.8 Å². The maximum atomic E-state index is 12.2. The number of rotatable bonds is 10. The lowest BCUT2D eigenvalue weighted by molar-refractivity contribution is -0.137. The molecule has 1 atom stereocenters. The number of urea groups is 1. The zero-order valence-corrected chi connectivity index (χ0v) is 17.3. The van der Waals surface area contributed by atoms with Gasteiger partial charge in [0.1, 0.15) is 5.82 Å². The maximum absolute atomic E-state index is 12.2. The van der Waals surface area contributed by atoms with Gasteiger partial charge in [-0.25, -0.2) is 14.8 Å². The van der Waals surface area contributed by atoms with E-state index < -0.39 is 31.1 Å². The molecule has 2 aromatic heterocycles. The Hall–Kier alpha value is -3.50. The van der Waals surface area contributed by atoms with E-state index in [1.54, 1.807) is 0 Å². The van der Waals surface area contributed by atoms with Crippen molar-refractivity contribution in [1.29, 1.82) is 0 Å². The van der Waals surface area contributed by atoms with Crippen LogP contribution < -0.4 is 20.7 Å². The minimum Gasteiger partial charge on any atom is -0.481 e. The molecule has 4 N–H and O–H groups in total. The van der Waals surface area contributed by atoms with Crippen LogP contribution in [0.3, 0.4) is 0 Å². The molecule has 0 aromatic carbocycles. The molecule has 1 aliphatic heterocycles. The number of nitrogens with one attached hydrogen (secondary N) is 3. The molecule has 0 fully saturated rings. The number of halogens is 2.